The van der Waals surface area contributed by atoms with Gasteiger partial charge in [-0.2, -0.15) is 0 Å². The van der Waals surface area contributed by atoms with Gasteiger partial charge in [0.15, 0.2) is 0 Å². The van der Waals surface area contributed by atoms with E-state index in [4.69, 9.17) is 16.7 Å². The first kappa shape index (κ1) is 50.8. The Kier molecular flexibility index (Phi) is 22.0. The SMILES string of the molecule is C/C=C(C)/C=C/C(C)=C(/C)c1cc(C)cc(C)c1.CC(/C=C/C(C)=C/C(=O)Cl)=C(\C)c1cc(C)cc(C)c1.CC(/C=C/C(C)=C/C(=O)O)=C(\C)c1cc(C)cc(C)c1. The molecule has 0 amide bonds. The van der Waals surface area contributed by atoms with Crippen molar-refractivity contribution >= 4 is 39.5 Å². The zero-order valence-electron chi connectivity index (χ0n) is 38.0. The number of carbonyl (C=O) groups excluding carboxylic acids is 1. The fourth-order valence-electron chi connectivity index (χ4n) is 5.97. The molecule has 3 nitrogen and oxygen atoms in total. The molecule has 0 aliphatic heterocycles. The zero-order chi connectivity index (χ0) is 44.3. The van der Waals surface area contributed by atoms with Gasteiger partial charge in [0.05, 0.1) is 0 Å². The van der Waals surface area contributed by atoms with Crippen LogP contribution in [0.4, 0.5) is 0 Å². The molecular formula is C54H67ClO3. The minimum atomic E-state index is -0.917. The lowest BCUT2D eigenvalue weighted by atomic mass is 9.98. The summed E-state index contributed by atoms with van der Waals surface area (Å²) < 4.78 is 0. The van der Waals surface area contributed by atoms with Crippen molar-refractivity contribution in [2.24, 2.45) is 0 Å². The number of rotatable bonds is 11. The molecule has 3 aromatic carbocycles. The van der Waals surface area contributed by atoms with Crippen LogP contribution in [0.3, 0.4) is 0 Å². The van der Waals surface area contributed by atoms with Crippen LogP contribution in [0.2, 0.25) is 0 Å². The van der Waals surface area contributed by atoms with Crippen molar-refractivity contribution in [1.29, 1.82) is 0 Å². The van der Waals surface area contributed by atoms with Gasteiger partial charge in [-0.25, -0.2) is 4.79 Å². The number of carboxylic acids is 1. The number of allylic oxidation sites excluding steroid dienone is 17. The summed E-state index contributed by atoms with van der Waals surface area (Å²) in [6.45, 7) is 33.2. The number of hydrogen-bond acceptors (Lipinski definition) is 2. The van der Waals surface area contributed by atoms with Crippen molar-refractivity contribution in [2.45, 2.75) is 111 Å². The van der Waals surface area contributed by atoms with Gasteiger partial charge in [0.25, 0.3) is 0 Å². The zero-order valence-corrected chi connectivity index (χ0v) is 38.8. The summed E-state index contributed by atoms with van der Waals surface area (Å²) in [5.74, 6) is -0.917. The van der Waals surface area contributed by atoms with Gasteiger partial charge in [-0.1, -0.05) is 136 Å². The molecule has 3 aromatic rings. The quantitative estimate of drug-likeness (QED) is 0.119. The molecule has 0 atom stereocenters. The molecule has 0 bridgehead atoms. The van der Waals surface area contributed by atoms with E-state index in [-0.39, 0.29) is 0 Å². The highest BCUT2D eigenvalue weighted by atomic mass is 35.5. The number of hydrogen-bond donors (Lipinski definition) is 1. The second kappa shape index (κ2) is 25.2. The molecule has 3 rings (SSSR count). The lowest BCUT2D eigenvalue weighted by Gasteiger charge is -2.08. The first-order valence-electron chi connectivity index (χ1n) is 19.8. The Morgan fingerprint density at radius 2 is 0.690 bits per heavy atom. The third kappa shape index (κ3) is 19.7. The smallest absolute Gasteiger partial charge is 0.328 e. The lowest BCUT2D eigenvalue weighted by Crippen LogP contribution is -1.89. The molecule has 0 aliphatic rings. The molecule has 58 heavy (non-hydrogen) atoms. The summed E-state index contributed by atoms with van der Waals surface area (Å²) in [5.41, 5.74) is 21.7. The summed E-state index contributed by atoms with van der Waals surface area (Å²) in [6, 6.07) is 19.7. The van der Waals surface area contributed by atoms with Gasteiger partial charge in [0.2, 0.25) is 5.24 Å². The van der Waals surface area contributed by atoms with Gasteiger partial charge in [0.1, 0.15) is 0 Å². The normalized spacial score (nSPS) is 13.7. The standard InChI is InChI=1S/C18H21ClO.C18H22O2.C18H24/c2*1-12(11-18(19)20)6-7-15(4)16(5)17-9-13(2)8-14(3)10-17;1-7-13(2)8-9-16(5)17(6)18-11-14(3)10-15(4)12-18/h6-11H,1-5H3;6-11H,1-5H3,(H,19,20);7-12H,1-6H3/b2*7-6+,12-11+,16-15-;9-8+,13-7+,17-16-. The molecule has 0 fully saturated rings. The van der Waals surface area contributed by atoms with Gasteiger partial charge in [-0.15, -0.1) is 0 Å². The van der Waals surface area contributed by atoms with Gasteiger partial charge >= 0.3 is 5.97 Å². The van der Waals surface area contributed by atoms with Gasteiger partial charge in [-0.05, 0) is 184 Å². The van der Waals surface area contributed by atoms with Crippen molar-refractivity contribution in [3.8, 4) is 0 Å². The Bertz CT molecular complexity index is 2050. The number of benzene rings is 3. The van der Waals surface area contributed by atoms with Crippen molar-refractivity contribution in [2.75, 3.05) is 0 Å². The predicted octanol–water partition coefficient (Wildman–Crippen LogP) is 15.7. The van der Waals surface area contributed by atoms with Crippen LogP contribution in [0, 0.1) is 41.5 Å². The number of carbonyl (C=O) groups is 2. The number of carboxylic acid groups (broad SMARTS) is 1. The van der Waals surface area contributed by atoms with Gasteiger partial charge < -0.3 is 5.11 Å². The summed E-state index contributed by atoms with van der Waals surface area (Å²) in [6.07, 6.45) is 16.8. The highest BCUT2D eigenvalue weighted by Crippen LogP contribution is 2.24. The Hall–Kier alpha value is -5.25. The van der Waals surface area contributed by atoms with E-state index in [1.165, 1.54) is 95.7 Å². The third-order valence-corrected chi connectivity index (χ3v) is 9.78. The van der Waals surface area contributed by atoms with Crippen LogP contribution in [-0.4, -0.2) is 16.3 Å². The fraction of sp³-hybridized carbons (Fsp3) is 0.296. The fourth-order valence-corrected chi connectivity index (χ4v) is 6.14. The molecule has 308 valence electrons. The summed E-state index contributed by atoms with van der Waals surface area (Å²) in [5, 5.41) is 8.23. The first-order chi connectivity index (χ1) is 27.0. The molecule has 4 heteroatoms. The number of aryl methyl sites for hydroxylation is 6. The average Bonchev–Trinajstić information content (AvgIpc) is 3.12. The molecule has 0 radical (unpaired) electrons. The maximum Gasteiger partial charge on any atom is 0.328 e. The molecule has 0 unspecified atom stereocenters. The Morgan fingerprint density at radius 1 is 0.431 bits per heavy atom. The van der Waals surface area contributed by atoms with Crippen LogP contribution in [0.5, 0.6) is 0 Å². The van der Waals surface area contributed by atoms with E-state index in [0.717, 1.165) is 16.7 Å². The van der Waals surface area contributed by atoms with Crippen LogP contribution >= 0.6 is 11.6 Å². The Balaban J connectivity index is 0.000000436. The molecule has 0 saturated heterocycles. The van der Waals surface area contributed by atoms with E-state index in [2.05, 4.69) is 163 Å². The number of halogens is 1. The van der Waals surface area contributed by atoms with E-state index < -0.39 is 11.2 Å². The molecule has 0 heterocycles. The Labute approximate surface area is 356 Å². The van der Waals surface area contributed by atoms with Crippen LogP contribution < -0.4 is 0 Å². The van der Waals surface area contributed by atoms with Gasteiger partial charge in [0, 0.05) is 12.2 Å². The topological polar surface area (TPSA) is 54.4 Å². The molecule has 0 aliphatic carbocycles. The maximum atomic E-state index is 10.8. The first-order valence-corrected chi connectivity index (χ1v) is 20.1. The monoisotopic (exact) mass is 798 g/mol. The maximum absolute atomic E-state index is 10.8. The van der Waals surface area contributed by atoms with E-state index in [1.54, 1.807) is 6.92 Å². The van der Waals surface area contributed by atoms with Crippen molar-refractivity contribution < 1.29 is 14.7 Å². The highest BCUT2D eigenvalue weighted by Gasteiger charge is 2.03. The molecular weight excluding hydrogens is 732 g/mol. The second-order valence-corrected chi connectivity index (χ2v) is 15.9. The predicted molar refractivity (Wildman–Crippen MR) is 255 cm³/mol. The van der Waals surface area contributed by atoms with E-state index in [1.807, 2.05) is 38.2 Å². The summed E-state index contributed by atoms with van der Waals surface area (Å²) >= 11 is 5.32. The van der Waals surface area contributed by atoms with Gasteiger partial charge in [-0.3, -0.25) is 4.79 Å². The van der Waals surface area contributed by atoms with Crippen LogP contribution in [-0.2, 0) is 9.59 Å². The molecule has 1 N–H and O–H groups in total. The average molecular weight is 800 g/mol. The van der Waals surface area contributed by atoms with Crippen LogP contribution in [0.1, 0.15) is 119 Å². The highest BCUT2D eigenvalue weighted by molar-refractivity contribution is 6.66. The van der Waals surface area contributed by atoms with E-state index in [9.17, 15) is 9.59 Å². The second-order valence-electron chi connectivity index (χ2n) is 15.5. The minimum absolute atomic E-state index is 0.445. The molecule has 0 aromatic heterocycles. The number of aliphatic carboxylic acids is 1. The largest absolute Gasteiger partial charge is 0.478 e. The van der Waals surface area contributed by atoms with Crippen LogP contribution in [0.25, 0.3) is 16.7 Å². The summed E-state index contributed by atoms with van der Waals surface area (Å²) in [4.78, 5) is 21.3. The van der Waals surface area contributed by atoms with Crippen LogP contribution in [0.15, 0.2) is 143 Å². The van der Waals surface area contributed by atoms with E-state index >= 15 is 0 Å². The minimum Gasteiger partial charge on any atom is -0.478 e. The van der Waals surface area contributed by atoms with Crippen molar-refractivity contribution in [3.63, 3.8) is 0 Å². The molecule has 0 spiro atoms. The van der Waals surface area contributed by atoms with Crippen molar-refractivity contribution in [3.05, 3.63) is 193 Å². The molecule has 0 saturated carbocycles. The Morgan fingerprint density at radius 3 is 0.931 bits per heavy atom. The van der Waals surface area contributed by atoms with E-state index in [0.29, 0.717) is 0 Å². The third-order valence-electron chi connectivity index (χ3n) is 9.67. The van der Waals surface area contributed by atoms with Crippen molar-refractivity contribution in [1.82, 2.24) is 0 Å². The summed E-state index contributed by atoms with van der Waals surface area (Å²) in [7, 11) is 0. The lowest BCUT2D eigenvalue weighted by molar-refractivity contribution is -0.131.